The summed E-state index contributed by atoms with van der Waals surface area (Å²) in [5, 5.41) is 23.1. The van der Waals surface area contributed by atoms with Gasteiger partial charge in [-0.05, 0) is 53.6 Å². The van der Waals surface area contributed by atoms with E-state index in [1.165, 1.54) is 0 Å². The van der Waals surface area contributed by atoms with Crippen LogP contribution in [0.5, 0.6) is 5.75 Å². The molecule has 21 heavy (non-hydrogen) atoms. The predicted molar refractivity (Wildman–Crippen MR) is 84.5 cm³/mol. The first-order valence-electron chi connectivity index (χ1n) is 7.09. The predicted octanol–water partition coefficient (Wildman–Crippen LogP) is 4.09. The molecule has 0 fully saturated rings. The number of aliphatic hydroxyl groups is 1. The standard InChI is InChI=1S/C19H16O2/c1-11-7-8-12-14(9-11)17(20)10-16-18(12)13-5-3-4-6-15(13)19(16,2)21/h3-10,20-21H,1-2H3. The van der Waals surface area contributed by atoms with Crippen LogP contribution in [0.4, 0.5) is 0 Å². The van der Waals surface area contributed by atoms with Crippen molar-refractivity contribution in [3.8, 4) is 16.9 Å². The van der Waals surface area contributed by atoms with E-state index in [4.69, 9.17) is 0 Å². The van der Waals surface area contributed by atoms with Crippen LogP contribution in [-0.4, -0.2) is 10.2 Å². The number of rotatable bonds is 0. The van der Waals surface area contributed by atoms with Gasteiger partial charge in [0, 0.05) is 5.39 Å². The monoisotopic (exact) mass is 276 g/mol. The Morgan fingerprint density at radius 2 is 1.67 bits per heavy atom. The number of hydrogen-bond acceptors (Lipinski definition) is 2. The first-order valence-corrected chi connectivity index (χ1v) is 7.09. The number of hydrogen-bond donors (Lipinski definition) is 2. The lowest BCUT2D eigenvalue weighted by Crippen LogP contribution is -2.19. The highest BCUT2D eigenvalue weighted by Crippen LogP contribution is 2.51. The number of aromatic hydroxyl groups is 1. The Morgan fingerprint density at radius 3 is 2.48 bits per heavy atom. The molecule has 3 aromatic carbocycles. The van der Waals surface area contributed by atoms with Gasteiger partial charge in [-0.15, -0.1) is 0 Å². The summed E-state index contributed by atoms with van der Waals surface area (Å²) >= 11 is 0. The Hall–Kier alpha value is -2.32. The molecule has 1 aliphatic rings. The fourth-order valence-corrected chi connectivity index (χ4v) is 3.46. The second-order valence-electron chi connectivity index (χ2n) is 5.99. The van der Waals surface area contributed by atoms with E-state index in [9.17, 15) is 10.2 Å². The van der Waals surface area contributed by atoms with Gasteiger partial charge in [-0.2, -0.15) is 0 Å². The molecule has 2 nitrogen and oxygen atoms in total. The molecule has 3 aromatic rings. The highest BCUT2D eigenvalue weighted by atomic mass is 16.3. The summed E-state index contributed by atoms with van der Waals surface area (Å²) in [5.41, 5.74) is 3.79. The molecule has 1 atom stereocenters. The second kappa shape index (κ2) is 3.86. The van der Waals surface area contributed by atoms with Crippen molar-refractivity contribution in [3.63, 3.8) is 0 Å². The molecule has 0 heterocycles. The molecule has 4 rings (SSSR count). The van der Waals surface area contributed by atoms with Crippen LogP contribution in [0.15, 0.2) is 48.5 Å². The van der Waals surface area contributed by atoms with E-state index in [0.717, 1.165) is 38.6 Å². The Kier molecular flexibility index (Phi) is 2.29. The van der Waals surface area contributed by atoms with E-state index < -0.39 is 5.60 Å². The summed E-state index contributed by atoms with van der Waals surface area (Å²) in [6, 6.07) is 15.7. The summed E-state index contributed by atoms with van der Waals surface area (Å²) in [6.45, 7) is 3.80. The van der Waals surface area contributed by atoms with E-state index in [2.05, 4.69) is 0 Å². The molecule has 0 radical (unpaired) electrons. The van der Waals surface area contributed by atoms with Crippen LogP contribution in [0.2, 0.25) is 0 Å². The molecular weight excluding hydrogens is 260 g/mol. The maximum Gasteiger partial charge on any atom is 0.123 e. The third kappa shape index (κ3) is 1.51. The van der Waals surface area contributed by atoms with Crippen molar-refractivity contribution < 1.29 is 10.2 Å². The minimum Gasteiger partial charge on any atom is -0.507 e. The highest BCUT2D eigenvalue weighted by molar-refractivity contribution is 6.05. The molecule has 0 saturated carbocycles. The quantitative estimate of drug-likeness (QED) is 0.649. The Labute approximate surface area is 123 Å². The maximum absolute atomic E-state index is 10.9. The van der Waals surface area contributed by atoms with Crippen LogP contribution < -0.4 is 0 Å². The molecule has 0 aliphatic heterocycles. The second-order valence-corrected chi connectivity index (χ2v) is 5.99. The van der Waals surface area contributed by atoms with Gasteiger partial charge in [-0.25, -0.2) is 0 Å². The molecule has 0 bridgehead atoms. The van der Waals surface area contributed by atoms with E-state index in [1.54, 1.807) is 13.0 Å². The van der Waals surface area contributed by atoms with Crippen LogP contribution in [-0.2, 0) is 5.60 Å². The SMILES string of the molecule is Cc1ccc2c3c(cc(O)c2c1)C(C)(O)c1ccccc1-3. The van der Waals surface area contributed by atoms with Crippen LogP contribution in [0.1, 0.15) is 23.6 Å². The molecule has 0 amide bonds. The van der Waals surface area contributed by atoms with Gasteiger partial charge in [0.2, 0.25) is 0 Å². The Bertz CT molecular complexity index is 891. The van der Waals surface area contributed by atoms with Crippen molar-refractivity contribution in [2.75, 3.05) is 0 Å². The van der Waals surface area contributed by atoms with Gasteiger partial charge in [-0.3, -0.25) is 0 Å². The summed E-state index contributed by atoms with van der Waals surface area (Å²) in [7, 11) is 0. The average molecular weight is 276 g/mol. The van der Waals surface area contributed by atoms with Gasteiger partial charge in [-0.1, -0.05) is 42.0 Å². The summed E-state index contributed by atoms with van der Waals surface area (Å²) in [6.07, 6.45) is 0. The van der Waals surface area contributed by atoms with Crippen LogP contribution in [0.25, 0.3) is 21.9 Å². The highest BCUT2D eigenvalue weighted by Gasteiger charge is 2.38. The molecule has 0 aromatic heterocycles. The first kappa shape index (κ1) is 12.4. The number of phenols is 1. The van der Waals surface area contributed by atoms with E-state index in [0.29, 0.717) is 0 Å². The molecule has 2 N–H and O–H groups in total. The van der Waals surface area contributed by atoms with E-state index >= 15 is 0 Å². The Balaban J connectivity index is 2.23. The molecule has 0 spiro atoms. The largest absolute Gasteiger partial charge is 0.507 e. The number of benzene rings is 3. The van der Waals surface area contributed by atoms with E-state index in [1.807, 2.05) is 49.4 Å². The van der Waals surface area contributed by atoms with Crippen LogP contribution >= 0.6 is 0 Å². The van der Waals surface area contributed by atoms with Crippen LogP contribution in [0.3, 0.4) is 0 Å². The van der Waals surface area contributed by atoms with E-state index in [-0.39, 0.29) is 5.75 Å². The topological polar surface area (TPSA) is 40.5 Å². The minimum absolute atomic E-state index is 0.223. The smallest absolute Gasteiger partial charge is 0.123 e. The lowest BCUT2D eigenvalue weighted by atomic mass is 9.91. The molecule has 1 aliphatic carbocycles. The summed E-state index contributed by atoms with van der Waals surface area (Å²) in [5.74, 6) is 0.223. The lowest BCUT2D eigenvalue weighted by Gasteiger charge is -2.20. The zero-order valence-electron chi connectivity index (χ0n) is 12.0. The van der Waals surface area contributed by atoms with Crippen molar-refractivity contribution in [3.05, 3.63) is 65.2 Å². The maximum atomic E-state index is 10.9. The van der Waals surface area contributed by atoms with Crippen molar-refractivity contribution >= 4 is 10.8 Å². The van der Waals surface area contributed by atoms with Crippen LogP contribution in [0, 0.1) is 6.92 Å². The summed E-state index contributed by atoms with van der Waals surface area (Å²) in [4.78, 5) is 0. The minimum atomic E-state index is -1.07. The van der Waals surface area contributed by atoms with Crippen molar-refractivity contribution in [1.29, 1.82) is 0 Å². The summed E-state index contributed by atoms with van der Waals surface area (Å²) < 4.78 is 0. The molecular formula is C19H16O2. The Morgan fingerprint density at radius 1 is 0.905 bits per heavy atom. The van der Waals surface area contributed by atoms with Gasteiger partial charge in [0.1, 0.15) is 11.4 Å². The number of phenolic OH excluding ortho intramolecular Hbond substituents is 1. The van der Waals surface area contributed by atoms with Gasteiger partial charge in [0.25, 0.3) is 0 Å². The number of aryl methyl sites for hydroxylation is 1. The van der Waals surface area contributed by atoms with Crippen molar-refractivity contribution in [2.45, 2.75) is 19.4 Å². The lowest BCUT2D eigenvalue weighted by molar-refractivity contribution is 0.107. The zero-order chi connectivity index (χ0) is 14.8. The normalized spacial score (nSPS) is 19.6. The fourth-order valence-electron chi connectivity index (χ4n) is 3.46. The molecule has 104 valence electrons. The average Bonchev–Trinajstić information content (AvgIpc) is 2.69. The van der Waals surface area contributed by atoms with Gasteiger partial charge < -0.3 is 10.2 Å². The molecule has 0 saturated heterocycles. The molecule has 1 unspecified atom stereocenters. The van der Waals surface area contributed by atoms with Gasteiger partial charge in [0.15, 0.2) is 0 Å². The third-order valence-corrected chi connectivity index (χ3v) is 4.52. The third-order valence-electron chi connectivity index (χ3n) is 4.52. The zero-order valence-corrected chi connectivity index (χ0v) is 12.0. The van der Waals surface area contributed by atoms with Gasteiger partial charge in [0.05, 0.1) is 0 Å². The first-order chi connectivity index (χ1) is 10.00. The van der Waals surface area contributed by atoms with Crippen molar-refractivity contribution in [1.82, 2.24) is 0 Å². The fraction of sp³-hybridized carbons (Fsp3) is 0.158. The number of fused-ring (bicyclic) bond motifs is 5. The van der Waals surface area contributed by atoms with Crippen molar-refractivity contribution in [2.24, 2.45) is 0 Å². The molecule has 2 heteroatoms. The van der Waals surface area contributed by atoms with Gasteiger partial charge >= 0.3 is 0 Å².